The van der Waals surface area contributed by atoms with Crippen LogP contribution in [-0.2, 0) is 10.0 Å². The van der Waals surface area contributed by atoms with Crippen LogP contribution in [0.1, 0.15) is 24.0 Å². The molecule has 0 unspecified atom stereocenters. The first-order valence-electron chi connectivity index (χ1n) is 6.17. The van der Waals surface area contributed by atoms with Gasteiger partial charge in [-0.1, -0.05) is 6.07 Å². The third-order valence-corrected chi connectivity index (χ3v) is 4.24. The van der Waals surface area contributed by atoms with E-state index in [9.17, 15) is 8.42 Å². The lowest BCUT2D eigenvalue weighted by Crippen LogP contribution is -2.18. The zero-order valence-electron chi connectivity index (χ0n) is 11.3. The first kappa shape index (κ1) is 15.0. The van der Waals surface area contributed by atoms with Crippen LogP contribution in [0.15, 0.2) is 18.2 Å². The first-order chi connectivity index (χ1) is 8.44. The second kappa shape index (κ2) is 6.75. The van der Waals surface area contributed by atoms with Gasteiger partial charge < -0.3 is 5.32 Å². The molecule has 0 saturated carbocycles. The van der Waals surface area contributed by atoms with Gasteiger partial charge in [0, 0.05) is 5.69 Å². The van der Waals surface area contributed by atoms with Crippen molar-refractivity contribution in [2.75, 3.05) is 24.1 Å². The topological polar surface area (TPSA) is 58.2 Å². The molecule has 4 nitrogen and oxygen atoms in total. The van der Waals surface area contributed by atoms with Crippen molar-refractivity contribution in [3.63, 3.8) is 0 Å². The summed E-state index contributed by atoms with van der Waals surface area (Å²) in [4.78, 5) is 0. The van der Waals surface area contributed by atoms with Crippen LogP contribution in [0.25, 0.3) is 0 Å². The molecule has 0 spiro atoms. The Kier molecular flexibility index (Phi) is 5.62. The molecule has 0 aliphatic carbocycles. The minimum absolute atomic E-state index is 0.168. The third-order valence-electron chi connectivity index (χ3n) is 2.87. The molecule has 18 heavy (non-hydrogen) atoms. The smallest absolute Gasteiger partial charge is 0.232 e. The quantitative estimate of drug-likeness (QED) is 0.746. The number of aryl methyl sites for hydroxylation is 2. The minimum Gasteiger partial charge on any atom is -0.320 e. The van der Waals surface area contributed by atoms with Gasteiger partial charge in [0.05, 0.1) is 5.75 Å². The Morgan fingerprint density at radius 3 is 2.44 bits per heavy atom. The lowest BCUT2D eigenvalue weighted by atomic mass is 10.1. The predicted molar refractivity (Wildman–Crippen MR) is 76.5 cm³/mol. The van der Waals surface area contributed by atoms with Gasteiger partial charge in [-0.2, -0.15) is 0 Å². The van der Waals surface area contributed by atoms with E-state index in [0.29, 0.717) is 12.1 Å². The van der Waals surface area contributed by atoms with Gasteiger partial charge in [-0.3, -0.25) is 4.72 Å². The van der Waals surface area contributed by atoms with Crippen molar-refractivity contribution in [2.24, 2.45) is 0 Å². The summed E-state index contributed by atoms with van der Waals surface area (Å²) in [7, 11) is -1.36. The molecule has 2 N–H and O–H groups in total. The molecule has 0 radical (unpaired) electrons. The third kappa shape index (κ3) is 5.06. The number of rotatable bonds is 7. The van der Waals surface area contributed by atoms with Crippen molar-refractivity contribution in [2.45, 2.75) is 26.7 Å². The zero-order valence-corrected chi connectivity index (χ0v) is 12.1. The molecule has 0 aliphatic rings. The molecule has 1 aromatic rings. The van der Waals surface area contributed by atoms with Gasteiger partial charge in [-0.25, -0.2) is 8.42 Å². The van der Waals surface area contributed by atoms with Crippen LogP contribution < -0.4 is 10.0 Å². The normalized spacial score (nSPS) is 11.5. The maximum Gasteiger partial charge on any atom is 0.232 e. The van der Waals surface area contributed by atoms with Crippen LogP contribution in [0, 0.1) is 13.8 Å². The maximum atomic E-state index is 11.8. The lowest BCUT2D eigenvalue weighted by Gasteiger charge is -2.09. The predicted octanol–water partition coefficient (Wildman–Crippen LogP) is 2.04. The summed E-state index contributed by atoms with van der Waals surface area (Å²) in [5.41, 5.74) is 2.89. The molecule has 0 aliphatic heterocycles. The fourth-order valence-electron chi connectivity index (χ4n) is 1.63. The number of hydrogen-bond donors (Lipinski definition) is 2. The Morgan fingerprint density at radius 1 is 1.11 bits per heavy atom. The van der Waals surface area contributed by atoms with Gasteiger partial charge in [0.2, 0.25) is 10.0 Å². The van der Waals surface area contributed by atoms with Crippen molar-refractivity contribution < 1.29 is 8.42 Å². The average molecular weight is 270 g/mol. The number of benzene rings is 1. The fraction of sp³-hybridized carbons (Fsp3) is 0.538. The molecule has 5 heteroatoms. The van der Waals surface area contributed by atoms with Gasteiger partial charge >= 0.3 is 0 Å². The molecule has 1 aromatic carbocycles. The van der Waals surface area contributed by atoms with E-state index in [-0.39, 0.29) is 5.75 Å². The van der Waals surface area contributed by atoms with Crippen LogP contribution >= 0.6 is 0 Å². The van der Waals surface area contributed by atoms with Crippen LogP contribution in [0.5, 0.6) is 0 Å². The molecular weight excluding hydrogens is 248 g/mol. The summed E-state index contributed by atoms with van der Waals surface area (Å²) >= 11 is 0. The molecule has 0 fully saturated rings. The second-order valence-electron chi connectivity index (χ2n) is 4.53. The fourth-order valence-corrected chi connectivity index (χ4v) is 2.80. The maximum absolute atomic E-state index is 11.8. The highest BCUT2D eigenvalue weighted by molar-refractivity contribution is 7.92. The highest BCUT2D eigenvalue weighted by Gasteiger charge is 2.10. The molecular formula is C13H22N2O2S. The number of nitrogens with one attached hydrogen (secondary N) is 2. The van der Waals surface area contributed by atoms with E-state index in [1.54, 1.807) is 6.07 Å². The lowest BCUT2D eigenvalue weighted by molar-refractivity contribution is 0.595. The van der Waals surface area contributed by atoms with Gasteiger partial charge in [0.1, 0.15) is 0 Å². The van der Waals surface area contributed by atoms with Gasteiger partial charge in [-0.15, -0.1) is 0 Å². The van der Waals surface area contributed by atoms with Crippen LogP contribution in [0.3, 0.4) is 0 Å². The number of anilines is 1. The van der Waals surface area contributed by atoms with Crippen LogP contribution in [0.2, 0.25) is 0 Å². The highest BCUT2D eigenvalue weighted by atomic mass is 32.2. The van der Waals surface area contributed by atoms with E-state index >= 15 is 0 Å². The summed E-state index contributed by atoms with van der Waals surface area (Å²) < 4.78 is 26.3. The van der Waals surface area contributed by atoms with Gasteiger partial charge in [-0.05, 0) is 63.5 Å². The SMILES string of the molecule is CNCCCCS(=O)(=O)Nc1ccc(C)c(C)c1. The van der Waals surface area contributed by atoms with Crippen molar-refractivity contribution in [1.82, 2.24) is 5.32 Å². The van der Waals surface area contributed by atoms with E-state index in [2.05, 4.69) is 10.0 Å². The molecule has 0 heterocycles. The van der Waals surface area contributed by atoms with E-state index < -0.39 is 10.0 Å². The highest BCUT2D eigenvalue weighted by Crippen LogP contribution is 2.15. The Labute approximate surface area is 110 Å². The Morgan fingerprint density at radius 2 is 1.83 bits per heavy atom. The standard InChI is InChI=1S/C13H22N2O2S/c1-11-6-7-13(10-12(11)2)15-18(16,17)9-5-4-8-14-3/h6-7,10,14-15H,4-5,8-9H2,1-3H3. The summed E-state index contributed by atoms with van der Waals surface area (Å²) in [6.45, 7) is 4.82. The number of hydrogen-bond acceptors (Lipinski definition) is 3. The van der Waals surface area contributed by atoms with Gasteiger partial charge in [0.25, 0.3) is 0 Å². The summed E-state index contributed by atoms with van der Waals surface area (Å²) in [5, 5.41) is 3.00. The molecule has 1 rings (SSSR count). The van der Waals surface area contributed by atoms with E-state index in [1.807, 2.05) is 33.0 Å². The van der Waals surface area contributed by atoms with Crippen LogP contribution in [0.4, 0.5) is 5.69 Å². The summed E-state index contributed by atoms with van der Waals surface area (Å²) in [6, 6.07) is 5.59. The van der Waals surface area contributed by atoms with Crippen LogP contribution in [-0.4, -0.2) is 27.8 Å². The molecule has 102 valence electrons. The van der Waals surface area contributed by atoms with Crippen molar-refractivity contribution in [3.05, 3.63) is 29.3 Å². The van der Waals surface area contributed by atoms with Crippen molar-refractivity contribution in [1.29, 1.82) is 0 Å². The monoisotopic (exact) mass is 270 g/mol. The molecule has 0 atom stereocenters. The van der Waals surface area contributed by atoms with Gasteiger partial charge in [0.15, 0.2) is 0 Å². The summed E-state index contributed by atoms with van der Waals surface area (Å²) in [5.74, 6) is 0.168. The number of unbranched alkanes of at least 4 members (excludes halogenated alkanes) is 1. The molecule has 0 saturated heterocycles. The molecule has 0 bridgehead atoms. The largest absolute Gasteiger partial charge is 0.320 e. The number of sulfonamides is 1. The molecule has 0 aromatic heterocycles. The Balaban J connectivity index is 2.56. The van der Waals surface area contributed by atoms with E-state index in [0.717, 1.165) is 24.1 Å². The Bertz CT molecular complexity index is 484. The average Bonchev–Trinajstić information content (AvgIpc) is 2.29. The molecule has 0 amide bonds. The van der Waals surface area contributed by atoms with E-state index in [4.69, 9.17) is 0 Å². The second-order valence-corrected chi connectivity index (χ2v) is 6.37. The van der Waals surface area contributed by atoms with Crippen molar-refractivity contribution in [3.8, 4) is 0 Å². The zero-order chi connectivity index (χ0) is 13.6. The van der Waals surface area contributed by atoms with E-state index in [1.165, 1.54) is 0 Å². The van der Waals surface area contributed by atoms with Crippen molar-refractivity contribution >= 4 is 15.7 Å². The Hall–Kier alpha value is -1.07. The summed E-state index contributed by atoms with van der Waals surface area (Å²) in [6.07, 6.45) is 1.53. The first-order valence-corrected chi connectivity index (χ1v) is 7.82. The minimum atomic E-state index is -3.22.